The maximum atomic E-state index is 11.4. The topological polar surface area (TPSA) is 145 Å². The van der Waals surface area contributed by atoms with Crippen LogP contribution in [-0.2, 0) is 11.2 Å². The number of fused-ring (bicyclic) bond motifs is 3. The molecule has 1 aliphatic heterocycles. The van der Waals surface area contributed by atoms with E-state index in [9.17, 15) is 10.2 Å². The molecular formula is C23H23ClN6O3. The number of halogens is 1. The molecule has 2 fully saturated rings. The minimum Gasteiger partial charge on any atom is -0.385 e. The van der Waals surface area contributed by atoms with Crippen LogP contribution in [0, 0.1) is 5.92 Å². The lowest BCUT2D eigenvalue weighted by Crippen LogP contribution is -2.45. The zero-order valence-electron chi connectivity index (χ0n) is 17.6. The Morgan fingerprint density at radius 1 is 1.18 bits per heavy atom. The van der Waals surface area contributed by atoms with Gasteiger partial charge >= 0.3 is 0 Å². The summed E-state index contributed by atoms with van der Waals surface area (Å²) in [5.41, 5.74) is 12.9. The van der Waals surface area contributed by atoms with Crippen LogP contribution in [0.2, 0.25) is 5.02 Å². The average Bonchev–Trinajstić information content (AvgIpc) is 3.42. The van der Waals surface area contributed by atoms with E-state index in [-0.39, 0.29) is 5.92 Å². The second-order valence-corrected chi connectivity index (χ2v) is 9.40. The third-order valence-electron chi connectivity index (χ3n) is 7.08. The largest absolute Gasteiger partial charge is 0.385 e. The highest BCUT2D eigenvalue weighted by Gasteiger charge is 2.61. The van der Waals surface area contributed by atoms with Gasteiger partial charge in [0.1, 0.15) is 35.3 Å². The molecular weight excluding hydrogens is 444 g/mol. The summed E-state index contributed by atoms with van der Waals surface area (Å²) in [4.78, 5) is 12.7. The quantitative estimate of drug-likeness (QED) is 0.360. The van der Waals surface area contributed by atoms with Crippen LogP contribution in [0.3, 0.4) is 0 Å². The molecule has 0 radical (unpaired) electrons. The van der Waals surface area contributed by atoms with Gasteiger partial charge in [-0.05, 0) is 48.9 Å². The second-order valence-electron chi connectivity index (χ2n) is 8.99. The summed E-state index contributed by atoms with van der Waals surface area (Å²) in [6, 6.07) is 9.57. The number of nitrogens with two attached hydrogens (primary N) is 2. The molecule has 0 spiro atoms. The van der Waals surface area contributed by atoms with E-state index in [2.05, 4.69) is 15.0 Å². The van der Waals surface area contributed by atoms with Gasteiger partial charge in [0.15, 0.2) is 6.23 Å². The Kier molecular flexibility index (Phi) is 4.54. The van der Waals surface area contributed by atoms with Crippen molar-refractivity contribution in [3.05, 3.63) is 53.4 Å². The highest BCUT2D eigenvalue weighted by molar-refractivity contribution is 6.33. The van der Waals surface area contributed by atoms with Gasteiger partial charge in [0, 0.05) is 11.6 Å². The third-order valence-corrected chi connectivity index (χ3v) is 7.38. The van der Waals surface area contributed by atoms with E-state index < -0.39 is 24.0 Å². The number of aliphatic hydroxyl groups is 2. The lowest BCUT2D eigenvalue weighted by Gasteiger charge is -2.26. The molecule has 1 unspecified atom stereocenters. The summed E-state index contributed by atoms with van der Waals surface area (Å²) >= 11 is 6.08. The van der Waals surface area contributed by atoms with Crippen molar-refractivity contribution in [3.63, 3.8) is 0 Å². The number of hydrogen-bond donors (Lipinski definition) is 4. The van der Waals surface area contributed by atoms with Gasteiger partial charge in [0.2, 0.25) is 0 Å². The fraction of sp³-hybridized carbons (Fsp3) is 0.348. The van der Waals surface area contributed by atoms with Gasteiger partial charge in [-0.3, -0.25) is 0 Å². The van der Waals surface area contributed by atoms with Crippen LogP contribution in [0.25, 0.3) is 21.9 Å². The molecule has 2 aliphatic rings. The molecule has 3 aromatic heterocycles. The maximum Gasteiger partial charge on any atom is 0.164 e. The molecule has 1 saturated carbocycles. The Balaban J connectivity index is 1.29. The van der Waals surface area contributed by atoms with E-state index >= 15 is 0 Å². The summed E-state index contributed by atoms with van der Waals surface area (Å²) in [5.74, 6) is 0.679. The lowest BCUT2D eigenvalue weighted by molar-refractivity contribution is -0.0675. The maximum absolute atomic E-state index is 11.4. The Bertz CT molecular complexity index is 1390. The van der Waals surface area contributed by atoms with Gasteiger partial charge < -0.3 is 31.0 Å². The van der Waals surface area contributed by atoms with Crippen molar-refractivity contribution in [2.75, 3.05) is 11.5 Å². The molecule has 6 rings (SSSR count). The van der Waals surface area contributed by atoms with Gasteiger partial charge in [-0.2, -0.15) is 0 Å². The lowest BCUT2D eigenvalue weighted by atomic mass is 9.90. The smallest absolute Gasteiger partial charge is 0.164 e. The molecule has 1 aliphatic carbocycles. The van der Waals surface area contributed by atoms with Crippen LogP contribution < -0.4 is 11.5 Å². The summed E-state index contributed by atoms with van der Waals surface area (Å²) in [5, 5.41) is 24.5. The van der Waals surface area contributed by atoms with Crippen molar-refractivity contribution in [3.8, 4) is 0 Å². The Hall–Kier alpha value is -2.98. The number of aromatic nitrogens is 4. The molecule has 170 valence electrons. The van der Waals surface area contributed by atoms with E-state index in [0.717, 1.165) is 22.9 Å². The minimum atomic E-state index is -1.34. The standard InChI is InChI=1S/C23H23ClN6O3/c24-15-9-12-2-1-11(8-16(12)29-20(15)26)7-13-3-5-23(32)17(31)22(33-18(13)23)30-6-4-14-19(25)27-10-28-21(14)30/h1-2,4,6,8-10,13,17-18,22,31-32H,3,5,7H2,(H2,26,29)(H2,25,27,28)/t13-,17?,18+,22+,23-/m0/s1. The first kappa shape index (κ1) is 20.6. The minimum absolute atomic E-state index is 0.0262. The Labute approximate surface area is 194 Å². The van der Waals surface area contributed by atoms with Gasteiger partial charge in [0.25, 0.3) is 0 Å². The van der Waals surface area contributed by atoms with Crippen LogP contribution in [0.4, 0.5) is 11.6 Å². The Morgan fingerprint density at radius 3 is 2.88 bits per heavy atom. The molecule has 0 bridgehead atoms. The predicted molar refractivity (Wildman–Crippen MR) is 124 cm³/mol. The zero-order chi connectivity index (χ0) is 22.9. The molecule has 5 atom stereocenters. The van der Waals surface area contributed by atoms with Crippen LogP contribution in [0.15, 0.2) is 42.9 Å². The first-order valence-corrected chi connectivity index (χ1v) is 11.2. The van der Waals surface area contributed by atoms with Crippen molar-refractivity contribution < 1.29 is 14.9 Å². The predicted octanol–water partition coefficient (Wildman–Crippen LogP) is 2.44. The number of hydrogen-bond acceptors (Lipinski definition) is 8. The van der Waals surface area contributed by atoms with Crippen LogP contribution >= 0.6 is 11.6 Å². The number of nitrogens with zero attached hydrogens (tertiary/aromatic N) is 4. The highest BCUT2D eigenvalue weighted by atomic mass is 35.5. The van der Waals surface area contributed by atoms with Crippen molar-refractivity contribution in [1.82, 2.24) is 19.5 Å². The molecule has 4 heterocycles. The molecule has 1 aromatic carbocycles. The molecule has 9 nitrogen and oxygen atoms in total. The van der Waals surface area contributed by atoms with Crippen molar-refractivity contribution >= 4 is 45.2 Å². The van der Waals surface area contributed by atoms with Gasteiger partial charge in [-0.25, -0.2) is 15.0 Å². The van der Waals surface area contributed by atoms with Crippen molar-refractivity contribution in [2.24, 2.45) is 5.92 Å². The zero-order valence-corrected chi connectivity index (χ0v) is 18.4. The SMILES string of the molecule is Nc1nc2cc(C[C@@H]3CC[C@]4(O)C(O)[C@H](n5ccc6c(N)ncnc65)O[C@H]34)ccc2cc1Cl. The summed E-state index contributed by atoms with van der Waals surface area (Å²) in [6.07, 6.45) is 2.61. The van der Waals surface area contributed by atoms with Crippen LogP contribution in [0.1, 0.15) is 24.6 Å². The second kappa shape index (κ2) is 7.26. The number of anilines is 2. The molecule has 1 saturated heterocycles. The number of benzene rings is 1. The van der Waals surface area contributed by atoms with E-state index in [1.165, 1.54) is 6.33 Å². The first-order chi connectivity index (χ1) is 15.8. The molecule has 33 heavy (non-hydrogen) atoms. The van der Waals surface area contributed by atoms with Gasteiger partial charge in [0.05, 0.1) is 22.0 Å². The van der Waals surface area contributed by atoms with Crippen molar-refractivity contribution in [1.29, 1.82) is 0 Å². The van der Waals surface area contributed by atoms with Gasteiger partial charge in [-0.1, -0.05) is 23.7 Å². The van der Waals surface area contributed by atoms with Crippen molar-refractivity contribution in [2.45, 2.75) is 43.3 Å². The Morgan fingerprint density at radius 2 is 2.03 bits per heavy atom. The van der Waals surface area contributed by atoms with E-state index in [4.69, 9.17) is 27.8 Å². The number of pyridine rings is 1. The number of ether oxygens (including phenoxy) is 1. The van der Waals surface area contributed by atoms with E-state index in [1.54, 1.807) is 22.9 Å². The number of rotatable bonds is 3. The molecule has 4 aromatic rings. The van der Waals surface area contributed by atoms with Crippen LogP contribution in [0.5, 0.6) is 0 Å². The monoisotopic (exact) mass is 466 g/mol. The summed E-state index contributed by atoms with van der Waals surface area (Å²) < 4.78 is 8.03. The summed E-state index contributed by atoms with van der Waals surface area (Å²) in [6.45, 7) is 0. The molecule has 10 heteroatoms. The molecule has 0 amide bonds. The highest BCUT2D eigenvalue weighted by Crippen LogP contribution is 2.50. The number of nitrogen functional groups attached to an aromatic ring is 2. The normalized spacial score (nSPS) is 29.2. The van der Waals surface area contributed by atoms with Crippen LogP contribution in [-0.4, -0.2) is 47.5 Å². The fourth-order valence-electron chi connectivity index (χ4n) is 5.39. The van der Waals surface area contributed by atoms with Gasteiger partial charge in [-0.15, -0.1) is 0 Å². The number of aliphatic hydroxyl groups excluding tert-OH is 1. The summed E-state index contributed by atoms with van der Waals surface area (Å²) in [7, 11) is 0. The van der Waals surface area contributed by atoms with E-state index in [1.807, 2.05) is 18.2 Å². The first-order valence-electron chi connectivity index (χ1n) is 10.8. The van der Waals surface area contributed by atoms with E-state index in [0.29, 0.717) is 40.5 Å². The fourth-order valence-corrected chi connectivity index (χ4v) is 5.55. The average molecular weight is 467 g/mol. The third kappa shape index (κ3) is 3.07. The molecule has 6 N–H and O–H groups in total.